The molecule has 0 spiro atoms. The van der Waals surface area contributed by atoms with E-state index in [-0.39, 0.29) is 16.5 Å². The molecule has 0 aliphatic heterocycles. The first kappa shape index (κ1) is 17.3. The number of nitrogens with zero attached hydrogens (tertiary/aromatic N) is 6. The standard InChI is InChI=1S/C14H10F4N6S/c1-2-25-13-19-7-10(11(20-13)14(16,17)18)12-21-22-23-24(12)9-5-3-8(15)4-6-9/h3-7H,2H2,1H3. The Balaban J connectivity index is 2.14. The molecule has 0 fully saturated rings. The molecule has 0 atom stereocenters. The SMILES string of the molecule is CCSc1ncc(-c2nnnn2-c2ccc(F)cc2)c(C(F)(F)F)n1. The van der Waals surface area contributed by atoms with Crippen LogP contribution in [0.2, 0.25) is 0 Å². The summed E-state index contributed by atoms with van der Waals surface area (Å²) in [7, 11) is 0. The Morgan fingerprint density at radius 2 is 1.88 bits per heavy atom. The number of halogens is 4. The molecule has 3 aromatic rings. The van der Waals surface area contributed by atoms with Crippen molar-refractivity contribution in [1.82, 2.24) is 30.2 Å². The molecule has 0 N–H and O–H groups in total. The Morgan fingerprint density at radius 1 is 1.16 bits per heavy atom. The summed E-state index contributed by atoms with van der Waals surface area (Å²) in [6.07, 6.45) is -3.67. The fraction of sp³-hybridized carbons (Fsp3) is 0.214. The highest BCUT2D eigenvalue weighted by molar-refractivity contribution is 7.99. The van der Waals surface area contributed by atoms with Gasteiger partial charge in [-0.1, -0.05) is 18.7 Å². The number of thioether (sulfide) groups is 1. The van der Waals surface area contributed by atoms with E-state index >= 15 is 0 Å². The summed E-state index contributed by atoms with van der Waals surface area (Å²) in [6, 6.07) is 5.02. The second-order valence-corrected chi connectivity index (χ2v) is 5.97. The number of tetrazole rings is 1. The Labute approximate surface area is 143 Å². The summed E-state index contributed by atoms with van der Waals surface area (Å²) in [6.45, 7) is 1.78. The van der Waals surface area contributed by atoms with E-state index in [0.717, 1.165) is 34.8 Å². The van der Waals surface area contributed by atoms with Gasteiger partial charge in [-0.3, -0.25) is 0 Å². The van der Waals surface area contributed by atoms with E-state index in [9.17, 15) is 17.6 Å². The lowest BCUT2D eigenvalue weighted by atomic mass is 10.2. The van der Waals surface area contributed by atoms with Gasteiger partial charge in [0.2, 0.25) is 0 Å². The second-order valence-electron chi connectivity index (χ2n) is 4.74. The minimum absolute atomic E-state index is 0.0133. The molecule has 0 saturated heterocycles. The molecule has 3 rings (SSSR count). The number of rotatable bonds is 4. The maximum atomic E-state index is 13.4. The van der Waals surface area contributed by atoms with Gasteiger partial charge in [0.1, 0.15) is 5.82 Å². The smallest absolute Gasteiger partial charge is 0.230 e. The summed E-state index contributed by atoms with van der Waals surface area (Å²) in [4.78, 5) is 7.53. The van der Waals surface area contributed by atoms with E-state index in [2.05, 4.69) is 25.5 Å². The third kappa shape index (κ3) is 3.60. The summed E-state index contributed by atoms with van der Waals surface area (Å²) < 4.78 is 54.4. The van der Waals surface area contributed by atoms with Crippen LogP contribution in [0, 0.1) is 5.82 Å². The molecule has 0 radical (unpaired) electrons. The molecular weight excluding hydrogens is 360 g/mol. The highest BCUT2D eigenvalue weighted by Crippen LogP contribution is 2.35. The monoisotopic (exact) mass is 370 g/mol. The van der Waals surface area contributed by atoms with Crippen molar-refractivity contribution in [2.24, 2.45) is 0 Å². The van der Waals surface area contributed by atoms with Crippen molar-refractivity contribution in [3.05, 3.63) is 42.0 Å². The van der Waals surface area contributed by atoms with Gasteiger partial charge in [0, 0.05) is 6.20 Å². The van der Waals surface area contributed by atoms with E-state index in [1.807, 2.05) is 0 Å². The van der Waals surface area contributed by atoms with Crippen molar-refractivity contribution >= 4 is 11.8 Å². The number of benzene rings is 1. The highest BCUT2D eigenvalue weighted by atomic mass is 32.2. The third-order valence-corrected chi connectivity index (χ3v) is 3.83. The fourth-order valence-electron chi connectivity index (χ4n) is 2.06. The number of aromatic nitrogens is 6. The molecule has 0 saturated carbocycles. The van der Waals surface area contributed by atoms with Crippen LogP contribution in [0.4, 0.5) is 17.6 Å². The van der Waals surface area contributed by atoms with Crippen molar-refractivity contribution in [3.63, 3.8) is 0 Å². The third-order valence-electron chi connectivity index (χ3n) is 3.09. The maximum absolute atomic E-state index is 13.4. The zero-order valence-electron chi connectivity index (χ0n) is 12.7. The van der Waals surface area contributed by atoms with E-state index in [4.69, 9.17) is 0 Å². The Bertz CT molecular complexity index is 878. The highest BCUT2D eigenvalue weighted by Gasteiger charge is 2.38. The largest absolute Gasteiger partial charge is 0.434 e. The van der Waals surface area contributed by atoms with Crippen LogP contribution in [-0.4, -0.2) is 35.9 Å². The van der Waals surface area contributed by atoms with E-state index in [1.54, 1.807) is 6.92 Å². The van der Waals surface area contributed by atoms with Gasteiger partial charge in [-0.2, -0.15) is 17.9 Å². The maximum Gasteiger partial charge on any atom is 0.434 e. The zero-order valence-corrected chi connectivity index (χ0v) is 13.5. The molecule has 0 bridgehead atoms. The zero-order chi connectivity index (χ0) is 18.0. The molecular formula is C14H10F4N6S. The van der Waals surface area contributed by atoms with Crippen LogP contribution in [0.5, 0.6) is 0 Å². The minimum atomic E-state index is -4.71. The van der Waals surface area contributed by atoms with Crippen molar-refractivity contribution in [3.8, 4) is 17.1 Å². The average Bonchev–Trinajstić information content (AvgIpc) is 3.04. The quantitative estimate of drug-likeness (QED) is 0.398. The van der Waals surface area contributed by atoms with Crippen LogP contribution in [0.3, 0.4) is 0 Å². The number of alkyl halides is 3. The lowest BCUT2D eigenvalue weighted by Crippen LogP contribution is -2.13. The van der Waals surface area contributed by atoms with Gasteiger partial charge in [-0.05, 0) is 40.4 Å². The molecule has 1 aromatic carbocycles. The van der Waals surface area contributed by atoms with Crippen molar-refractivity contribution in [2.75, 3.05) is 5.75 Å². The molecule has 0 aliphatic carbocycles. The minimum Gasteiger partial charge on any atom is -0.230 e. The lowest BCUT2D eigenvalue weighted by Gasteiger charge is -2.12. The molecule has 11 heteroatoms. The molecule has 0 amide bonds. The number of hydrogen-bond donors (Lipinski definition) is 0. The van der Waals surface area contributed by atoms with Crippen LogP contribution in [0.1, 0.15) is 12.6 Å². The molecule has 0 unspecified atom stereocenters. The topological polar surface area (TPSA) is 69.4 Å². The van der Waals surface area contributed by atoms with Gasteiger partial charge in [0.15, 0.2) is 16.7 Å². The Kier molecular flexibility index (Phi) is 4.66. The van der Waals surface area contributed by atoms with Gasteiger partial charge in [-0.15, -0.1) is 5.10 Å². The van der Waals surface area contributed by atoms with E-state index in [0.29, 0.717) is 11.4 Å². The van der Waals surface area contributed by atoms with Crippen LogP contribution in [-0.2, 0) is 6.18 Å². The first-order chi connectivity index (χ1) is 11.9. The predicted molar refractivity (Wildman–Crippen MR) is 81.5 cm³/mol. The first-order valence-electron chi connectivity index (χ1n) is 7.02. The van der Waals surface area contributed by atoms with Crippen LogP contribution in [0.25, 0.3) is 17.1 Å². The fourth-order valence-corrected chi connectivity index (χ4v) is 2.60. The van der Waals surface area contributed by atoms with Crippen LogP contribution in [0.15, 0.2) is 35.6 Å². The van der Waals surface area contributed by atoms with Crippen molar-refractivity contribution in [2.45, 2.75) is 18.3 Å². The second kappa shape index (κ2) is 6.75. The molecule has 130 valence electrons. The first-order valence-corrected chi connectivity index (χ1v) is 8.00. The molecule has 6 nitrogen and oxygen atoms in total. The predicted octanol–water partition coefficient (Wildman–Crippen LogP) is 3.39. The normalized spacial score (nSPS) is 11.7. The Morgan fingerprint density at radius 3 is 2.52 bits per heavy atom. The molecule has 0 aliphatic rings. The summed E-state index contributed by atoms with van der Waals surface area (Å²) in [5, 5.41) is 10.8. The van der Waals surface area contributed by atoms with Gasteiger partial charge in [0.05, 0.1) is 11.3 Å². The summed E-state index contributed by atoms with van der Waals surface area (Å²) in [5.41, 5.74) is -1.18. The Hall–Kier alpha value is -2.56. The van der Waals surface area contributed by atoms with Crippen molar-refractivity contribution < 1.29 is 17.6 Å². The van der Waals surface area contributed by atoms with Crippen LogP contribution >= 0.6 is 11.8 Å². The van der Waals surface area contributed by atoms with Gasteiger partial charge in [-0.25, -0.2) is 14.4 Å². The average molecular weight is 370 g/mol. The lowest BCUT2D eigenvalue weighted by molar-refractivity contribution is -0.141. The number of hydrogen-bond acceptors (Lipinski definition) is 6. The molecule has 2 aromatic heterocycles. The van der Waals surface area contributed by atoms with Gasteiger partial charge in [0.25, 0.3) is 0 Å². The van der Waals surface area contributed by atoms with E-state index in [1.165, 1.54) is 12.1 Å². The summed E-state index contributed by atoms with van der Waals surface area (Å²) >= 11 is 1.09. The van der Waals surface area contributed by atoms with Crippen molar-refractivity contribution in [1.29, 1.82) is 0 Å². The van der Waals surface area contributed by atoms with Gasteiger partial charge >= 0.3 is 6.18 Å². The van der Waals surface area contributed by atoms with Crippen LogP contribution < -0.4 is 0 Å². The van der Waals surface area contributed by atoms with Gasteiger partial charge < -0.3 is 0 Å². The molecule has 25 heavy (non-hydrogen) atoms. The summed E-state index contributed by atoms with van der Waals surface area (Å²) in [5.74, 6) is -0.144. The van der Waals surface area contributed by atoms with E-state index < -0.39 is 17.7 Å². The molecule has 2 heterocycles.